The van der Waals surface area contributed by atoms with Crippen LogP contribution in [-0.4, -0.2) is 75.0 Å². The molecule has 1 rings (SSSR count). The Morgan fingerprint density at radius 2 is 1.92 bits per heavy atom. The summed E-state index contributed by atoms with van der Waals surface area (Å²) in [5.41, 5.74) is 1.87. The quantitative estimate of drug-likeness (QED) is 0.520. The molecule has 0 atom stereocenters. The second-order valence-corrected chi connectivity index (χ2v) is 6.91. The van der Waals surface area contributed by atoms with E-state index in [0.717, 1.165) is 49.7 Å². The highest BCUT2D eigenvalue weighted by Gasteiger charge is 2.08. The highest BCUT2D eigenvalue weighted by molar-refractivity contribution is 5.94. The van der Waals surface area contributed by atoms with Gasteiger partial charge < -0.3 is 20.4 Å². The molecule has 0 heterocycles. The molecule has 26 heavy (non-hydrogen) atoms. The van der Waals surface area contributed by atoms with Crippen LogP contribution in [0.25, 0.3) is 0 Å². The van der Waals surface area contributed by atoms with Gasteiger partial charge in [-0.1, -0.05) is 12.1 Å². The van der Waals surface area contributed by atoms with Gasteiger partial charge >= 0.3 is 0 Å². The van der Waals surface area contributed by atoms with Gasteiger partial charge in [0, 0.05) is 45.3 Å². The molecular formula is C20H35N5O. The lowest BCUT2D eigenvalue weighted by Crippen LogP contribution is -2.39. The fourth-order valence-electron chi connectivity index (χ4n) is 2.36. The van der Waals surface area contributed by atoms with Crippen molar-refractivity contribution in [2.45, 2.75) is 33.2 Å². The second-order valence-electron chi connectivity index (χ2n) is 6.91. The predicted octanol–water partition coefficient (Wildman–Crippen LogP) is 1.83. The second kappa shape index (κ2) is 11.5. The minimum Gasteiger partial charge on any atom is -0.357 e. The summed E-state index contributed by atoms with van der Waals surface area (Å²) < 4.78 is 0. The Morgan fingerprint density at radius 1 is 1.19 bits per heavy atom. The van der Waals surface area contributed by atoms with Gasteiger partial charge in [-0.25, -0.2) is 0 Å². The number of amides is 1. The summed E-state index contributed by atoms with van der Waals surface area (Å²) in [5, 5.41) is 6.64. The van der Waals surface area contributed by atoms with Crippen LogP contribution >= 0.6 is 0 Å². The minimum absolute atomic E-state index is 0.0315. The fraction of sp³-hybridized carbons (Fsp3) is 0.600. The largest absolute Gasteiger partial charge is 0.357 e. The van der Waals surface area contributed by atoms with E-state index in [-0.39, 0.29) is 5.91 Å². The lowest BCUT2D eigenvalue weighted by molar-refractivity contribution is 0.0827. The number of carbonyl (C=O) groups is 1. The van der Waals surface area contributed by atoms with Crippen molar-refractivity contribution in [3.8, 4) is 0 Å². The van der Waals surface area contributed by atoms with Crippen LogP contribution in [0.15, 0.2) is 29.3 Å². The number of nitrogens with one attached hydrogen (secondary N) is 2. The monoisotopic (exact) mass is 361 g/mol. The summed E-state index contributed by atoms with van der Waals surface area (Å²) in [4.78, 5) is 20.6. The van der Waals surface area contributed by atoms with Crippen molar-refractivity contribution < 1.29 is 4.79 Å². The molecule has 0 aliphatic carbocycles. The van der Waals surface area contributed by atoms with Gasteiger partial charge in [0.2, 0.25) is 0 Å². The van der Waals surface area contributed by atoms with Crippen molar-refractivity contribution in [2.24, 2.45) is 4.99 Å². The van der Waals surface area contributed by atoms with Gasteiger partial charge in [-0.2, -0.15) is 0 Å². The molecule has 0 aliphatic heterocycles. The van der Waals surface area contributed by atoms with E-state index >= 15 is 0 Å². The SMILES string of the molecule is CCNC(=NCCN(C)C(C)C)NCCc1cccc(C(=O)N(C)C)c1. The highest BCUT2D eigenvalue weighted by atomic mass is 16.2. The Balaban J connectivity index is 2.54. The van der Waals surface area contributed by atoms with Gasteiger partial charge in [-0.05, 0) is 51.9 Å². The Bertz CT molecular complexity index is 583. The summed E-state index contributed by atoms with van der Waals surface area (Å²) in [7, 11) is 5.65. The summed E-state index contributed by atoms with van der Waals surface area (Å²) in [6.07, 6.45) is 0.838. The van der Waals surface area contributed by atoms with Crippen LogP contribution in [-0.2, 0) is 6.42 Å². The molecule has 0 spiro atoms. The van der Waals surface area contributed by atoms with Gasteiger partial charge in [0.1, 0.15) is 0 Å². The standard InChI is InChI=1S/C20H35N5O/c1-7-21-20(23-13-14-25(6)16(2)3)22-12-11-17-9-8-10-18(15-17)19(26)24(4)5/h8-10,15-16H,7,11-14H2,1-6H3,(H2,21,22,23). The Kier molecular flexibility index (Phi) is 9.73. The molecule has 1 aromatic carbocycles. The summed E-state index contributed by atoms with van der Waals surface area (Å²) in [5.74, 6) is 0.870. The number of likely N-dealkylation sites (N-methyl/N-ethyl adjacent to an activating group) is 1. The van der Waals surface area contributed by atoms with E-state index in [1.165, 1.54) is 0 Å². The minimum atomic E-state index is 0.0315. The molecule has 0 aliphatic rings. The topological polar surface area (TPSA) is 60.0 Å². The molecule has 146 valence electrons. The van der Waals surface area contributed by atoms with E-state index in [0.29, 0.717) is 6.04 Å². The molecule has 0 radical (unpaired) electrons. The van der Waals surface area contributed by atoms with Gasteiger partial charge in [0.15, 0.2) is 5.96 Å². The van der Waals surface area contributed by atoms with E-state index in [1.54, 1.807) is 19.0 Å². The van der Waals surface area contributed by atoms with Crippen LogP contribution in [0.4, 0.5) is 0 Å². The van der Waals surface area contributed by atoms with E-state index in [2.05, 4.69) is 54.4 Å². The normalized spacial score (nSPS) is 11.8. The van der Waals surface area contributed by atoms with Crippen molar-refractivity contribution in [3.63, 3.8) is 0 Å². The van der Waals surface area contributed by atoms with Crippen LogP contribution in [0.3, 0.4) is 0 Å². The first kappa shape index (κ1) is 22.0. The predicted molar refractivity (Wildman–Crippen MR) is 110 cm³/mol. The molecule has 0 saturated heterocycles. The lowest BCUT2D eigenvalue weighted by Gasteiger charge is -2.20. The molecule has 0 fully saturated rings. The zero-order valence-corrected chi connectivity index (χ0v) is 17.2. The van der Waals surface area contributed by atoms with E-state index < -0.39 is 0 Å². The molecule has 2 N–H and O–H groups in total. The molecule has 6 nitrogen and oxygen atoms in total. The molecular weight excluding hydrogens is 326 g/mol. The number of guanidine groups is 1. The van der Waals surface area contributed by atoms with Crippen molar-refractivity contribution in [3.05, 3.63) is 35.4 Å². The smallest absolute Gasteiger partial charge is 0.253 e. The molecule has 0 unspecified atom stereocenters. The van der Waals surface area contributed by atoms with Crippen molar-refractivity contribution in [1.29, 1.82) is 0 Å². The summed E-state index contributed by atoms with van der Waals surface area (Å²) >= 11 is 0. The van der Waals surface area contributed by atoms with E-state index in [4.69, 9.17) is 0 Å². The first-order chi connectivity index (χ1) is 12.3. The van der Waals surface area contributed by atoms with E-state index in [1.807, 2.05) is 18.2 Å². The maximum atomic E-state index is 12.1. The molecule has 6 heteroatoms. The number of benzene rings is 1. The average molecular weight is 362 g/mol. The third-order valence-electron chi connectivity index (χ3n) is 4.23. The average Bonchev–Trinajstić information content (AvgIpc) is 2.61. The van der Waals surface area contributed by atoms with Crippen molar-refractivity contribution >= 4 is 11.9 Å². The first-order valence-electron chi connectivity index (χ1n) is 9.38. The summed E-state index contributed by atoms with van der Waals surface area (Å²) in [6.45, 7) is 9.72. The van der Waals surface area contributed by atoms with Gasteiger partial charge in [-0.3, -0.25) is 9.79 Å². The van der Waals surface area contributed by atoms with Crippen LogP contribution in [0.1, 0.15) is 36.7 Å². The first-order valence-corrected chi connectivity index (χ1v) is 9.38. The van der Waals surface area contributed by atoms with Crippen LogP contribution in [0.5, 0.6) is 0 Å². The Morgan fingerprint density at radius 3 is 2.54 bits per heavy atom. The van der Waals surface area contributed by atoms with Gasteiger partial charge in [-0.15, -0.1) is 0 Å². The molecule has 1 amide bonds. The number of hydrogen-bond donors (Lipinski definition) is 2. The Hall–Kier alpha value is -2.08. The zero-order chi connectivity index (χ0) is 19.5. The number of rotatable bonds is 9. The Labute approximate surface area is 158 Å². The number of hydrogen-bond acceptors (Lipinski definition) is 3. The number of aliphatic imine (C=N–C) groups is 1. The van der Waals surface area contributed by atoms with E-state index in [9.17, 15) is 4.79 Å². The lowest BCUT2D eigenvalue weighted by atomic mass is 10.1. The van der Waals surface area contributed by atoms with Crippen LogP contribution in [0, 0.1) is 0 Å². The highest BCUT2D eigenvalue weighted by Crippen LogP contribution is 2.07. The third-order valence-corrected chi connectivity index (χ3v) is 4.23. The zero-order valence-electron chi connectivity index (χ0n) is 17.2. The maximum absolute atomic E-state index is 12.1. The third kappa shape index (κ3) is 7.87. The maximum Gasteiger partial charge on any atom is 0.253 e. The van der Waals surface area contributed by atoms with Crippen LogP contribution in [0.2, 0.25) is 0 Å². The summed E-state index contributed by atoms with van der Waals surface area (Å²) in [6, 6.07) is 8.34. The molecule has 0 aromatic heterocycles. The van der Waals surface area contributed by atoms with Crippen LogP contribution < -0.4 is 10.6 Å². The molecule has 1 aromatic rings. The van der Waals surface area contributed by atoms with Gasteiger partial charge in [0.05, 0.1) is 6.54 Å². The van der Waals surface area contributed by atoms with Crippen molar-refractivity contribution in [1.82, 2.24) is 20.4 Å². The molecule has 0 bridgehead atoms. The fourth-order valence-corrected chi connectivity index (χ4v) is 2.36. The van der Waals surface area contributed by atoms with Gasteiger partial charge in [0.25, 0.3) is 5.91 Å². The number of carbonyl (C=O) groups excluding carboxylic acids is 1. The number of nitrogens with zero attached hydrogens (tertiary/aromatic N) is 3. The van der Waals surface area contributed by atoms with Crippen molar-refractivity contribution in [2.75, 3.05) is 47.3 Å². The molecule has 0 saturated carbocycles.